The zero-order chi connectivity index (χ0) is 11.4. The summed E-state index contributed by atoms with van der Waals surface area (Å²) in [6.07, 6.45) is 4.12. The minimum Gasteiger partial charge on any atom is -0.481 e. The van der Waals surface area contributed by atoms with Gasteiger partial charge in [0.05, 0.1) is 7.11 Å². The van der Waals surface area contributed by atoms with E-state index in [1.54, 1.807) is 7.11 Å². The van der Waals surface area contributed by atoms with Crippen molar-refractivity contribution in [2.24, 2.45) is 11.7 Å². The van der Waals surface area contributed by atoms with Crippen LogP contribution < -0.4 is 15.8 Å². The lowest BCUT2D eigenvalue weighted by molar-refractivity contribution is 0.321. The van der Waals surface area contributed by atoms with Crippen molar-refractivity contribution in [2.75, 3.05) is 20.2 Å². The molecule has 88 valence electrons. The first-order chi connectivity index (χ1) is 7.81. The Hall–Kier alpha value is -1.13. The number of aromatic nitrogens is 1. The number of rotatable bonds is 3. The van der Waals surface area contributed by atoms with E-state index in [4.69, 9.17) is 10.5 Å². The van der Waals surface area contributed by atoms with Gasteiger partial charge >= 0.3 is 0 Å². The number of pyridine rings is 1. The number of hydrogen-bond acceptors (Lipinski definition) is 4. The highest BCUT2D eigenvalue weighted by Crippen LogP contribution is 2.26. The fourth-order valence-electron chi connectivity index (χ4n) is 2.19. The Kier molecular flexibility index (Phi) is 3.74. The Morgan fingerprint density at radius 2 is 2.19 bits per heavy atom. The van der Waals surface area contributed by atoms with Crippen molar-refractivity contribution in [3.8, 4) is 5.88 Å². The van der Waals surface area contributed by atoms with Crippen LogP contribution >= 0.6 is 0 Å². The van der Waals surface area contributed by atoms with Crippen LogP contribution in [0.4, 0.5) is 0 Å². The van der Waals surface area contributed by atoms with E-state index in [1.165, 1.54) is 0 Å². The molecule has 0 bridgehead atoms. The van der Waals surface area contributed by atoms with Gasteiger partial charge in [0.1, 0.15) is 0 Å². The van der Waals surface area contributed by atoms with Crippen LogP contribution in [0.25, 0.3) is 0 Å². The zero-order valence-corrected chi connectivity index (χ0v) is 9.65. The van der Waals surface area contributed by atoms with Crippen LogP contribution in [-0.4, -0.2) is 25.2 Å². The molecule has 4 nitrogen and oxygen atoms in total. The molecule has 1 aromatic rings. The summed E-state index contributed by atoms with van der Waals surface area (Å²) in [6, 6.07) is 3.98. The second-order valence-electron chi connectivity index (χ2n) is 4.25. The van der Waals surface area contributed by atoms with Crippen molar-refractivity contribution in [3.05, 3.63) is 23.9 Å². The molecule has 1 fully saturated rings. The second-order valence-corrected chi connectivity index (χ2v) is 4.25. The molecule has 2 heterocycles. The van der Waals surface area contributed by atoms with Crippen LogP contribution in [0.5, 0.6) is 5.88 Å². The van der Waals surface area contributed by atoms with Crippen LogP contribution in [0, 0.1) is 5.92 Å². The average Bonchev–Trinajstić information content (AvgIpc) is 2.39. The lowest BCUT2D eigenvalue weighted by Crippen LogP contribution is -2.33. The van der Waals surface area contributed by atoms with Crippen LogP contribution in [0.3, 0.4) is 0 Å². The van der Waals surface area contributed by atoms with Gasteiger partial charge in [0, 0.05) is 18.3 Å². The number of ether oxygens (including phenoxy) is 1. The molecule has 4 heteroatoms. The third kappa shape index (κ3) is 2.51. The fraction of sp³-hybridized carbons (Fsp3) is 0.583. The van der Waals surface area contributed by atoms with Gasteiger partial charge < -0.3 is 15.8 Å². The second kappa shape index (κ2) is 5.27. The van der Waals surface area contributed by atoms with Crippen molar-refractivity contribution in [2.45, 2.75) is 18.9 Å². The van der Waals surface area contributed by atoms with Crippen LogP contribution in [-0.2, 0) is 0 Å². The molecule has 0 unspecified atom stereocenters. The van der Waals surface area contributed by atoms with Crippen molar-refractivity contribution in [1.29, 1.82) is 0 Å². The molecule has 0 spiro atoms. The molecule has 0 amide bonds. The molecule has 1 aliphatic heterocycles. The molecule has 1 aliphatic rings. The highest BCUT2D eigenvalue weighted by Gasteiger charge is 2.21. The smallest absolute Gasteiger partial charge is 0.212 e. The monoisotopic (exact) mass is 221 g/mol. The Morgan fingerprint density at radius 3 is 2.75 bits per heavy atom. The third-order valence-corrected chi connectivity index (χ3v) is 3.24. The Morgan fingerprint density at radius 1 is 1.44 bits per heavy atom. The third-order valence-electron chi connectivity index (χ3n) is 3.24. The SMILES string of the molecule is COc1ccc([C@H](N)C2CCNCC2)cn1. The van der Waals surface area contributed by atoms with E-state index in [0.29, 0.717) is 11.8 Å². The molecule has 1 saturated heterocycles. The maximum absolute atomic E-state index is 6.25. The molecule has 0 aliphatic carbocycles. The molecule has 1 aromatic heterocycles. The first-order valence-electron chi connectivity index (χ1n) is 5.77. The summed E-state index contributed by atoms with van der Waals surface area (Å²) in [5, 5.41) is 3.35. The first kappa shape index (κ1) is 11.4. The summed E-state index contributed by atoms with van der Waals surface area (Å²) in [5.74, 6) is 1.21. The summed E-state index contributed by atoms with van der Waals surface area (Å²) in [5.41, 5.74) is 7.36. The summed E-state index contributed by atoms with van der Waals surface area (Å²) >= 11 is 0. The molecule has 3 N–H and O–H groups in total. The van der Waals surface area contributed by atoms with E-state index in [9.17, 15) is 0 Å². The normalized spacial score (nSPS) is 19.4. The minimum absolute atomic E-state index is 0.0977. The van der Waals surface area contributed by atoms with E-state index in [-0.39, 0.29) is 6.04 Å². The van der Waals surface area contributed by atoms with Gasteiger partial charge in [-0.2, -0.15) is 0 Å². The average molecular weight is 221 g/mol. The fourth-order valence-corrected chi connectivity index (χ4v) is 2.19. The molecule has 0 radical (unpaired) electrons. The topological polar surface area (TPSA) is 60.2 Å². The van der Waals surface area contributed by atoms with Crippen molar-refractivity contribution in [1.82, 2.24) is 10.3 Å². The Labute approximate surface area is 96.2 Å². The van der Waals surface area contributed by atoms with E-state index in [2.05, 4.69) is 10.3 Å². The van der Waals surface area contributed by atoms with Crippen molar-refractivity contribution >= 4 is 0 Å². The number of nitrogens with zero attached hydrogens (tertiary/aromatic N) is 1. The van der Waals surface area contributed by atoms with Crippen molar-refractivity contribution < 1.29 is 4.74 Å². The lowest BCUT2D eigenvalue weighted by atomic mass is 9.87. The molecule has 0 aromatic carbocycles. The molecular formula is C12H19N3O. The number of nitrogens with two attached hydrogens (primary N) is 1. The van der Waals surface area contributed by atoms with Crippen LogP contribution in [0.1, 0.15) is 24.4 Å². The van der Waals surface area contributed by atoms with Gasteiger partial charge in [-0.25, -0.2) is 4.98 Å². The number of hydrogen-bond donors (Lipinski definition) is 2. The Bertz CT molecular complexity index is 320. The number of piperidine rings is 1. The highest BCUT2D eigenvalue weighted by molar-refractivity contribution is 5.21. The van der Waals surface area contributed by atoms with Gasteiger partial charge in [-0.1, -0.05) is 6.07 Å². The summed E-state index contributed by atoms with van der Waals surface area (Å²) < 4.78 is 5.03. The number of nitrogens with one attached hydrogen (secondary N) is 1. The van der Waals surface area contributed by atoms with Gasteiger partial charge in [-0.3, -0.25) is 0 Å². The van der Waals surface area contributed by atoms with Gasteiger partial charge in [-0.05, 0) is 37.4 Å². The highest BCUT2D eigenvalue weighted by atomic mass is 16.5. The van der Waals surface area contributed by atoms with E-state index >= 15 is 0 Å². The Balaban J connectivity index is 2.04. The minimum atomic E-state index is 0.0977. The van der Waals surface area contributed by atoms with Gasteiger partial charge in [0.25, 0.3) is 0 Å². The summed E-state index contributed by atoms with van der Waals surface area (Å²) in [6.45, 7) is 2.14. The molecule has 2 rings (SSSR count). The maximum atomic E-state index is 6.25. The lowest BCUT2D eigenvalue weighted by Gasteiger charge is -2.28. The standard InChI is InChI=1S/C12H19N3O/c1-16-11-3-2-10(8-15-11)12(13)9-4-6-14-7-5-9/h2-3,8-9,12,14H,4-7,13H2,1H3/t12-/m1/s1. The van der Waals surface area contributed by atoms with Gasteiger partial charge in [0.2, 0.25) is 5.88 Å². The maximum Gasteiger partial charge on any atom is 0.212 e. The van der Waals surface area contributed by atoms with Gasteiger partial charge in [0.15, 0.2) is 0 Å². The van der Waals surface area contributed by atoms with E-state index in [1.807, 2.05) is 18.3 Å². The molecular weight excluding hydrogens is 202 g/mol. The molecule has 0 saturated carbocycles. The van der Waals surface area contributed by atoms with Gasteiger partial charge in [-0.15, -0.1) is 0 Å². The van der Waals surface area contributed by atoms with Crippen molar-refractivity contribution in [3.63, 3.8) is 0 Å². The van der Waals surface area contributed by atoms with E-state index < -0.39 is 0 Å². The predicted molar refractivity (Wildman–Crippen MR) is 63.3 cm³/mol. The molecule has 16 heavy (non-hydrogen) atoms. The van der Waals surface area contributed by atoms with Crippen LogP contribution in [0.15, 0.2) is 18.3 Å². The van der Waals surface area contributed by atoms with E-state index in [0.717, 1.165) is 31.5 Å². The first-order valence-corrected chi connectivity index (χ1v) is 5.77. The predicted octanol–water partition coefficient (Wildman–Crippen LogP) is 1.09. The zero-order valence-electron chi connectivity index (χ0n) is 9.65. The summed E-state index contributed by atoms with van der Waals surface area (Å²) in [4.78, 5) is 4.20. The number of methoxy groups -OCH3 is 1. The largest absolute Gasteiger partial charge is 0.481 e. The molecule has 1 atom stereocenters. The van der Waals surface area contributed by atoms with Crippen LogP contribution in [0.2, 0.25) is 0 Å². The quantitative estimate of drug-likeness (QED) is 0.802. The summed E-state index contributed by atoms with van der Waals surface area (Å²) in [7, 11) is 1.62.